The van der Waals surface area contributed by atoms with Crippen molar-refractivity contribution in [3.8, 4) is 0 Å². The van der Waals surface area contributed by atoms with Crippen molar-refractivity contribution in [1.29, 1.82) is 0 Å². The third-order valence-electron chi connectivity index (χ3n) is 5.62. The molecule has 0 amide bonds. The Morgan fingerprint density at radius 1 is 0.643 bits per heavy atom. The second-order valence-corrected chi connectivity index (χ2v) is 14.7. The minimum Gasteiger partial charge on any atom is -0.372 e. The van der Waals surface area contributed by atoms with Crippen LogP contribution in [0.3, 0.4) is 0 Å². The smallest absolute Gasteiger partial charge is 0.372 e. The normalized spacial score (nSPS) is 19.8. The molecule has 0 saturated heterocycles. The summed E-state index contributed by atoms with van der Waals surface area (Å²) in [6.07, 6.45) is 13.8. The molecule has 1 rings (SSSR count). The third kappa shape index (κ3) is 7.28. The summed E-state index contributed by atoms with van der Waals surface area (Å²) in [7, 11) is -3.24. The first-order valence-corrected chi connectivity index (χ1v) is 14.6. The zero-order valence-electron chi connectivity index (χ0n) is 18.0. The number of hydrogen-bond donors (Lipinski definition) is 4. The molecule has 1 aliphatic rings. The molecule has 1 fully saturated rings. The molecule has 0 radical (unpaired) electrons. The Morgan fingerprint density at radius 3 is 1.29 bits per heavy atom. The first-order valence-electron chi connectivity index (χ1n) is 11.1. The lowest BCUT2D eigenvalue weighted by atomic mass is 9.90. The predicted octanol–water partition coefficient (Wildman–Crippen LogP) is 6.61. The number of hydrogen-bond acceptors (Lipinski definition) is 7. The molecule has 0 aromatic heterocycles. The van der Waals surface area contributed by atoms with Gasteiger partial charge >= 0.3 is 8.80 Å². The van der Waals surface area contributed by atoms with E-state index < -0.39 is 16.6 Å². The summed E-state index contributed by atoms with van der Waals surface area (Å²) >= 11 is 20.2. The zero-order valence-corrected chi connectivity index (χ0v) is 22.6. The van der Waals surface area contributed by atoms with Crippen molar-refractivity contribution in [3.63, 3.8) is 0 Å². The van der Waals surface area contributed by atoms with Crippen LogP contribution in [0.5, 0.6) is 0 Å². The van der Waals surface area contributed by atoms with Gasteiger partial charge in [-0.05, 0) is 39.5 Å². The highest BCUT2D eigenvalue weighted by molar-refractivity contribution is 8.10. The van der Waals surface area contributed by atoms with Crippen molar-refractivity contribution < 1.29 is 13.3 Å². The van der Waals surface area contributed by atoms with E-state index in [0.29, 0.717) is 19.8 Å². The number of rotatable bonds is 9. The van der Waals surface area contributed by atoms with E-state index >= 15 is 0 Å². The Balaban J connectivity index is 3.11. The Kier molecular flexibility index (Phi) is 13.6. The largest absolute Gasteiger partial charge is 0.530 e. The summed E-state index contributed by atoms with van der Waals surface area (Å²) in [6, 6.07) is 0. The van der Waals surface area contributed by atoms with Gasteiger partial charge < -0.3 is 13.3 Å². The molecule has 3 nitrogen and oxygen atoms in total. The highest BCUT2D eigenvalue weighted by Gasteiger charge is 2.67. The fourth-order valence-electron chi connectivity index (χ4n) is 4.07. The topological polar surface area (TPSA) is 27.7 Å². The molecule has 0 N–H and O–H groups in total. The average molecular weight is 487 g/mol. The van der Waals surface area contributed by atoms with E-state index in [0.717, 1.165) is 12.8 Å². The van der Waals surface area contributed by atoms with E-state index in [4.69, 9.17) is 63.8 Å². The molecule has 0 heterocycles. The standard InChI is InChI=1S/C20H42O3S4Si/c1-4-21-28(22-5-2,23-6-3)20(26,27)19(24,25)18-16-14-12-10-8-7-9-11-13-15-17-18/h18,24-27H,4-17H2,1-3H3. The fraction of sp³-hybridized carbons (Fsp3) is 1.00. The lowest BCUT2D eigenvalue weighted by Gasteiger charge is -2.50. The van der Waals surface area contributed by atoms with Crippen molar-refractivity contribution in [1.82, 2.24) is 0 Å². The van der Waals surface area contributed by atoms with Gasteiger partial charge in [-0.1, -0.05) is 57.8 Å². The molecule has 0 unspecified atom stereocenters. The van der Waals surface area contributed by atoms with Gasteiger partial charge in [0.05, 0.1) is 4.08 Å². The lowest BCUT2D eigenvalue weighted by molar-refractivity contribution is 0.0639. The van der Waals surface area contributed by atoms with Crippen LogP contribution >= 0.6 is 50.5 Å². The van der Waals surface area contributed by atoms with Gasteiger partial charge in [0.15, 0.2) is 0 Å². The van der Waals surface area contributed by atoms with E-state index in [2.05, 4.69) is 0 Å². The van der Waals surface area contributed by atoms with Crippen LogP contribution < -0.4 is 0 Å². The highest BCUT2D eigenvalue weighted by atomic mass is 32.2. The van der Waals surface area contributed by atoms with Gasteiger partial charge in [0, 0.05) is 19.8 Å². The van der Waals surface area contributed by atoms with Gasteiger partial charge in [0.2, 0.25) is 0 Å². The highest BCUT2D eigenvalue weighted by Crippen LogP contribution is 2.54. The quantitative estimate of drug-likeness (QED) is 0.168. The SMILES string of the molecule is CCO[Si](OCC)(OCC)C(S)(S)C(S)(S)C1CCCCCCCCCCC1. The Hall–Kier alpha value is 1.50. The van der Waals surface area contributed by atoms with Gasteiger partial charge in [-0.25, -0.2) is 0 Å². The molecule has 0 spiro atoms. The van der Waals surface area contributed by atoms with Crippen LogP contribution in [0.4, 0.5) is 0 Å². The van der Waals surface area contributed by atoms with Crippen LogP contribution in [0.1, 0.15) is 91.4 Å². The van der Waals surface area contributed by atoms with Gasteiger partial charge in [0.1, 0.15) is 3.70 Å². The molecular formula is C20H42O3S4Si. The maximum Gasteiger partial charge on any atom is 0.530 e. The predicted molar refractivity (Wildman–Crippen MR) is 136 cm³/mol. The van der Waals surface area contributed by atoms with Crippen LogP contribution in [0, 0.1) is 5.92 Å². The average Bonchev–Trinajstić information content (AvgIpc) is 2.62. The molecular weight excluding hydrogens is 445 g/mol. The molecule has 0 bridgehead atoms. The second kappa shape index (κ2) is 13.8. The van der Waals surface area contributed by atoms with Gasteiger partial charge in [-0.2, -0.15) is 50.5 Å². The molecule has 8 heteroatoms. The summed E-state index contributed by atoms with van der Waals surface area (Å²) in [6.45, 7) is 7.30. The molecule has 1 saturated carbocycles. The minimum atomic E-state index is -3.24. The lowest BCUT2D eigenvalue weighted by Crippen LogP contribution is -2.68. The van der Waals surface area contributed by atoms with Crippen LogP contribution in [0.2, 0.25) is 0 Å². The van der Waals surface area contributed by atoms with Gasteiger partial charge in [-0.3, -0.25) is 0 Å². The van der Waals surface area contributed by atoms with Crippen LogP contribution in [0.15, 0.2) is 0 Å². The molecule has 0 aromatic carbocycles. The van der Waals surface area contributed by atoms with Gasteiger partial charge in [0.25, 0.3) is 0 Å². The number of thiol groups is 4. The first-order chi connectivity index (χ1) is 13.3. The monoisotopic (exact) mass is 486 g/mol. The van der Waals surface area contributed by atoms with Crippen molar-refractivity contribution in [2.24, 2.45) is 5.92 Å². The van der Waals surface area contributed by atoms with Crippen LogP contribution in [-0.4, -0.2) is 36.4 Å². The molecule has 0 atom stereocenters. The third-order valence-corrected chi connectivity index (χ3v) is 13.7. The van der Waals surface area contributed by atoms with Crippen molar-refractivity contribution in [2.75, 3.05) is 19.8 Å². The molecule has 0 aliphatic heterocycles. The van der Waals surface area contributed by atoms with Crippen LogP contribution in [0.25, 0.3) is 0 Å². The fourth-order valence-corrected chi connectivity index (χ4v) is 9.59. The van der Waals surface area contributed by atoms with Crippen molar-refractivity contribution >= 4 is 59.3 Å². The summed E-state index contributed by atoms with van der Waals surface area (Å²) < 4.78 is 16.6. The second-order valence-electron chi connectivity index (χ2n) is 7.71. The van der Waals surface area contributed by atoms with Gasteiger partial charge in [-0.15, -0.1) is 0 Å². The van der Waals surface area contributed by atoms with E-state index in [9.17, 15) is 0 Å². The first kappa shape index (κ1) is 27.5. The molecule has 1 aliphatic carbocycles. The van der Waals surface area contributed by atoms with Crippen molar-refractivity contribution in [3.05, 3.63) is 0 Å². The van der Waals surface area contributed by atoms with Crippen LogP contribution in [-0.2, 0) is 13.3 Å². The minimum absolute atomic E-state index is 0.266. The van der Waals surface area contributed by atoms with E-state index in [1.54, 1.807) is 0 Å². The summed E-state index contributed by atoms with van der Waals surface area (Å²) in [5.41, 5.74) is 0. The summed E-state index contributed by atoms with van der Waals surface area (Å²) in [4.78, 5) is 0. The Morgan fingerprint density at radius 2 is 0.964 bits per heavy atom. The molecule has 28 heavy (non-hydrogen) atoms. The maximum atomic E-state index is 6.13. The Bertz CT molecular complexity index is 395. The van der Waals surface area contributed by atoms with E-state index in [-0.39, 0.29) is 5.92 Å². The van der Waals surface area contributed by atoms with Crippen molar-refractivity contribution in [2.45, 2.75) is 99.2 Å². The molecule has 0 aromatic rings. The Labute approximate surface area is 196 Å². The zero-order chi connectivity index (χ0) is 21.1. The van der Waals surface area contributed by atoms with E-state index in [1.165, 1.54) is 57.8 Å². The summed E-state index contributed by atoms with van der Waals surface area (Å²) in [5, 5.41) is 0. The molecule has 168 valence electrons. The summed E-state index contributed by atoms with van der Waals surface area (Å²) in [5.74, 6) is 0.266. The van der Waals surface area contributed by atoms with E-state index in [1.807, 2.05) is 20.8 Å². The maximum absolute atomic E-state index is 6.13.